The van der Waals surface area contributed by atoms with Crippen molar-refractivity contribution in [2.24, 2.45) is 0 Å². The molecule has 3 heterocycles. The monoisotopic (exact) mass is 490 g/mol. The van der Waals surface area contributed by atoms with Gasteiger partial charge in [-0.1, -0.05) is 12.1 Å². The van der Waals surface area contributed by atoms with Crippen molar-refractivity contribution in [1.29, 1.82) is 0 Å². The van der Waals surface area contributed by atoms with E-state index < -0.39 is 35.8 Å². The van der Waals surface area contributed by atoms with Crippen LogP contribution < -0.4 is 16.2 Å². The van der Waals surface area contributed by atoms with E-state index in [-0.39, 0.29) is 16.7 Å². The van der Waals surface area contributed by atoms with Gasteiger partial charge >= 0.3 is 12.2 Å². The van der Waals surface area contributed by atoms with Gasteiger partial charge in [-0.3, -0.25) is 19.5 Å². The number of imide groups is 1. The molecule has 34 heavy (non-hydrogen) atoms. The highest BCUT2D eigenvalue weighted by Gasteiger charge is 2.30. The molecule has 176 valence electrons. The zero-order valence-electron chi connectivity index (χ0n) is 17.4. The first kappa shape index (κ1) is 23.2. The third kappa shape index (κ3) is 5.14. The maximum atomic E-state index is 13.0. The zero-order valence-corrected chi connectivity index (χ0v) is 18.2. The summed E-state index contributed by atoms with van der Waals surface area (Å²) in [6.07, 6.45) is -1.68. The Kier molecular flexibility index (Phi) is 6.45. The van der Waals surface area contributed by atoms with Crippen molar-refractivity contribution in [2.45, 2.75) is 19.1 Å². The third-order valence-corrected chi connectivity index (χ3v) is 5.71. The van der Waals surface area contributed by atoms with Crippen LogP contribution in [0.15, 0.2) is 59.1 Å². The third-order valence-electron chi connectivity index (χ3n) is 4.78. The summed E-state index contributed by atoms with van der Waals surface area (Å²) in [5, 5.41) is 10.6. The SMILES string of the molecule is O=C(Cn1cnc2c(cnn2-c2cccc(C(F)(F)F)c2)c1=O)NC(=O)NCCc1cccs1. The molecule has 0 aliphatic heterocycles. The molecule has 9 nitrogen and oxygen atoms in total. The predicted molar refractivity (Wildman–Crippen MR) is 118 cm³/mol. The fourth-order valence-corrected chi connectivity index (χ4v) is 3.89. The normalized spacial score (nSPS) is 11.5. The topological polar surface area (TPSA) is 111 Å². The number of hydrogen-bond donors (Lipinski definition) is 2. The molecule has 3 amide bonds. The second-order valence-corrected chi connectivity index (χ2v) is 8.19. The lowest BCUT2D eigenvalue weighted by Crippen LogP contribution is -2.42. The number of carbonyl (C=O) groups is 2. The highest BCUT2D eigenvalue weighted by Crippen LogP contribution is 2.30. The van der Waals surface area contributed by atoms with Crippen LogP contribution in [-0.2, 0) is 23.9 Å². The van der Waals surface area contributed by atoms with Crippen molar-refractivity contribution in [2.75, 3.05) is 6.54 Å². The smallest absolute Gasteiger partial charge is 0.337 e. The lowest BCUT2D eigenvalue weighted by molar-refractivity contribution is -0.137. The number of thiophene rings is 1. The number of fused-ring (bicyclic) bond motifs is 1. The van der Waals surface area contributed by atoms with Crippen LogP contribution in [0.2, 0.25) is 0 Å². The van der Waals surface area contributed by atoms with Gasteiger partial charge in [0.2, 0.25) is 5.91 Å². The van der Waals surface area contributed by atoms with Crippen LogP contribution in [0, 0.1) is 0 Å². The minimum absolute atomic E-state index is 0.00751. The molecule has 4 rings (SSSR count). The maximum absolute atomic E-state index is 13.0. The fraction of sp³-hybridized carbons (Fsp3) is 0.190. The molecule has 0 saturated heterocycles. The van der Waals surface area contributed by atoms with Crippen LogP contribution in [0.1, 0.15) is 10.4 Å². The Balaban J connectivity index is 1.44. The summed E-state index contributed by atoms with van der Waals surface area (Å²) in [5.41, 5.74) is -1.39. The summed E-state index contributed by atoms with van der Waals surface area (Å²) in [6, 6.07) is 7.58. The number of aromatic nitrogens is 4. The molecule has 0 spiro atoms. The lowest BCUT2D eigenvalue weighted by atomic mass is 10.2. The van der Waals surface area contributed by atoms with Crippen molar-refractivity contribution in [3.63, 3.8) is 0 Å². The van der Waals surface area contributed by atoms with Gasteiger partial charge in [-0.05, 0) is 36.1 Å². The molecular formula is C21H17F3N6O3S. The Morgan fingerprint density at radius 3 is 2.71 bits per heavy atom. The summed E-state index contributed by atoms with van der Waals surface area (Å²) in [5.74, 6) is -0.734. The van der Waals surface area contributed by atoms with Crippen molar-refractivity contribution >= 4 is 34.3 Å². The molecular weight excluding hydrogens is 473 g/mol. The molecule has 4 aromatic rings. The van der Waals surface area contributed by atoms with E-state index in [9.17, 15) is 27.6 Å². The largest absolute Gasteiger partial charge is 0.416 e. The van der Waals surface area contributed by atoms with E-state index in [0.717, 1.165) is 38.8 Å². The lowest BCUT2D eigenvalue weighted by Gasteiger charge is -2.10. The summed E-state index contributed by atoms with van der Waals surface area (Å²) in [6.45, 7) is -0.142. The number of carbonyl (C=O) groups excluding carboxylic acids is 2. The quantitative estimate of drug-likeness (QED) is 0.432. The highest BCUT2D eigenvalue weighted by molar-refractivity contribution is 7.09. The highest BCUT2D eigenvalue weighted by atomic mass is 32.1. The number of halogens is 3. The predicted octanol–water partition coefficient (Wildman–Crippen LogP) is 2.73. The van der Waals surface area contributed by atoms with E-state index in [1.54, 1.807) is 11.3 Å². The standard InChI is InChI=1S/C21H17F3N6O3S/c22-21(23,24)13-3-1-4-14(9-13)30-18-16(10-27-30)19(32)29(12-26-18)11-17(31)28-20(33)25-7-6-15-5-2-8-34-15/h1-5,8-10,12H,6-7,11H2,(H2,25,28,31,33). The average molecular weight is 490 g/mol. The molecule has 3 aromatic heterocycles. The molecule has 0 fully saturated rings. The molecule has 0 atom stereocenters. The van der Waals surface area contributed by atoms with Crippen LogP contribution in [0.5, 0.6) is 0 Å². The van der Waals surface area contributed by atoms with E-state index in [2.05, 4.69) is 20.7 Å². The first-order valence-electron chi connectivity index (χ1n) is 9.93. The Morgan fingerprint density at radius 1 is 1.15 bits per heavy atom. The van der Waals surface area contributed by atoms with E-state index >= 15 is 0 Å². The van der Waals surface area contributed by atoms with Gasteiger partial charge in [0.05, 0.1) is 17.4 Å². The number of alkyl halides is 3. The van der Waals surface area contributed by atoms with Crippen molar-refractivity contribution in [3.05, 3.63) is 75.1 Å². The first-order chi connectivity index (χ1) is 16.2. The summed E-state index contributed by atoms with van der Waals surface area (Å²) in [4.78, 5) is 42.0. The van der Waals surface area contributed by atoms with Gasteiger partial charge < -0.3 is 5.32 Å². The Morgan fingerprint density at radius 2 is 1.97 bits per heavy atom. The van der Waals surface area contributed by atoms with E-state index in [1.807, 2.05) is 17.5 Å². The molecule has 0 bridgehead atoms. The summed E-state index contributed by atoms with van der Waals surface area (Å²) >= 11 is 1.55. The molecule has 2 N–H and O–H groups in total. The molecule has 0 saturated carbocycles. The number of nitrogens with zero attached hydrogens (tertiary/aromatic N) is 4. The number of urea groups is 1. The molecule has 0 aliphatic rings. The van der Waals surface area contributed by atoms with Gasteiger partial charge in [-0.2, -0.15) is 18.3 Å². The number of hydrogen-bond acceptors (Lipinski definition) is 6. The van der Waals surface area contributed by atoms with Crippen molar-refractivity contribution < 1.29 is 22.8 Å². The van der Waals surface area contributed by atoms with Gasteiger partial charge in [-0.25, -0.2) is 14.5 Å². The minimum atomic E-state index is -4.54. The summed E-state index contributed by atoms with van der Waals surface area (Å²) < 4.78 is 41.2. The number of amides is 3. The van der Waals surface area contributed by atoms with Crippen LogP contribution in [0.3, 0.4) is 0 Å². The average Bonchev–Trinajstić information content (AvgIpc) is 3.45. The van der Waals surface area contributed by atoms with E-state index in [0.29, 0.717) is 13.0 Å². The van der Waals surface area contributed by atoms with Gasteiger partial charge in [0.1, 0.15) is 18.3 Å². The maximum Gasteiger partial charge on any atom is 0.416 e. The van der Waals surface area contributed by atoms with Crippen molar-refractivity contribution in [1.82, 2.24) is 30.0 Å². The minimum Gasteiger partial charge on any atom is -0.337 e. The van der Waals surface area contributed by atoms with Crippen LogP contribution in [0.4, 0.5) is 18.0 Å². The second kappa shape index (κ2) is 9.47. The fourth-order valence-electron chi connectivity index (χ4n) is 3.18. The molecule has 0 unspecified atom stereocenters. The Labute approximate surface area is 193 Å². The van der Waals surface area contributed by atoms with E-state index in [1.165, 1.54) is 12.1 Å². The second-order valence-electron chi connectivity index (χ2n) is 7.15. The van der Waals surface area contributed by atoms with Gasteiger partial charge in [0.15, 0.2) is 5.65 Å². The number of benzene rings is 1. The molecule has 13 heteroatoms. The number of nitrogens with one attached hydrogen (secondary N) is 2. The summed E-state index contributed by atoms with van der Waals surface area (Å²) in [7, 11) is 0. The van der Waals surface area contributed by atoms with E-state index in [4.69, 9.17) is 0 Å². The van der Waals surface area contributed by atoms with Crippen LogP contribution in [0.25, 0.3) is 16.7 Å². The molecule has 1 aromatic carbocycles. The number of rotatable bonds is 6. The van der Waals surface area contributed by atoms with Crippen molar-refractivity contribution in [3.8, 4) is 5.69 Å². The van der Waals surface area contributed by atoms with Gasteiger partial charge in [0, 0.05) is 11.4 Å². The van der Waals surface area contributed by atoms with Gasteiger partial charge in [-0.15, -0.1) is 11.3 Å². The molecule has 0 aliphatic carbocycles. The zero-order chi connectivity index (χ0) is 24.3. The Bertz CT molecular complexity index is 1400. The molecule has 0 radical (unpaired) electrons. The van der Waals surface area contributed by atoms with Gasteiger partial charge in [0.25, 0.3) is 5.56 Å². The Hall–Kier alpha value is -4.00. The van der Waals surface area contributed by atoms with Crippen LogP contribution in [-0.4, -0.2) is 37.8 Å². The van der Waals surface area contributed by atoms with Crippen LogP contribution >= 0.6 is 11.3 Å². The first-order valence-corrected chi connectivity index (χ1v) is 10.8.